The van der Waals surface area contributed by atoms with Crippen LogP contribution in [0.5, 0.6) is 0 Å². The molecule has 0 aromatic rings. The van der Waals surface area contributed by atoms with E-state index in [1.165, 1.54) is 11.8 Å². The molecule has 5 nitrogen and oxygen atoms in total. The molecule has 7 heteroatoms. The summed E-state index contributed by atoms with van der Waals surface area (Å²) < 4.78 is 27.7. The van der Waals surface area contributed by atoms with Gasteiger partial charge in [0.2, 0.25) is 0 Å². The number of allylic oxidation sites excluding steroid dienone is 6. The highest BCUT2D eigenvalue weighted by molar-refractivity contribution is 8.18. The lowest BCUT2D eigenvalue weighted by Gasteiger charge is -2.20. The summed E-state index contributed by atoms with van der Waals surface area (Å²) in [5, 5.41) is 13.4. The fraction of sp³-hybridized carbons (Fsp3) is 0.375. The standard InChI is InChI=1S/C16H18N2O3S2/c1-3-10-23(19,20)21-18-16-9-8-15(22-16)14-7-5-4-6-13(14)12(2)11-17/h4-9,12-13H,3,10H2,1-2H3. The number of nitriles is 1. The van der Waals surface area contributed by atoms with Gasteiger partial charge in [-0.2, -0.15) is 13.7 Å². The first kappa shape index (κ1) is 17.6. The summed E-state index contributed by atoms with van der Waals surface area (Å²) in [6.45, 7) is 3.65. The van der Waals surface area contributed by atoms with Crippen LogP contribution < -0.4 is 0 Å². The van der Waals surface area contributed by atoms with E-state index in [-0.39, 0.29) is 17.6 Å². The number of thioether (sulfide) groups is 1. The highest BCUT2D eigenvalue weighted by atomic mass is 32.2. The SMILES string of the molecule is CCCS(=O)(=O)ON=C1C=CC(=C2C=CC=CC2C(C)C#N)S1. The van der Waals surface area contributed by atoms with E-state index >= 15 is 0 Å². The third-order valence-electron chi connectivity index (χ3n) is 3.38. The Kier molecular flexibility index (Phi) is 5.85. The molecule has 0 saturated carbocycles. The molecule has 0 saturated heterocycles. The molecule has 1 heterocycles. The van der Waals surface area contributed by atoms with Crippen LogP contribution in [-0.2, 0) is 14.4 Å². The van der Waals surface area contributed by atoms with Crippen molar-refractivity contribution in [3.8, 4) is 6.07 Å². The molecular weight excluding hydrogens is 332 g/mol. The molecule has 2 aliphatic rings. The fourth-order valence-electron chi connectivity index (χ4n) is 2.23. The van der Waals surface area contributed by atoms with Crippen molar-refractivity contribution in [1.29, 1.82) is 5.26 Å². The van der Waals surface area contributed by atoms with Gasteiger partial charge in [0.1, 0.15) is 5.04 Å². The second-order valence-electron chi connectivity index (χ2n) is 5.21. The van der Waals surface area contributed by atoms with E-state index in [9.17, 15) is 8.42 Å². The van der Waals surface area contributed by atoms with Crippen LogP contribution in [-0.4, -0.2) is 19.2 Å². The van der Waals surface area contributed by atoms with Crippen molar-refractivity contribution in [1.82, 2.24) is 0 Å². The average molecular weight is 350 g/mol. The highest BCUT2D eigenvalue weighted by Gasteiger charge is 2.24. The maximum atomic E-state index is 11.5. The first-order valence-electron chi connectivity index (χ1n) is 7.30. The zero-order chi connectivity index (χ0) is 16.9. The van der Waals surface area contributed by atoms with Crippen molar-refractivity contribution in [2.45, 2.75) is 20.3 Å². The maximum absolute atomic E-state index is 11.5. The van der Waals surface area contributed by atoms with Gasteiger partial charge in [-0.05, 0) is 31.1 Å². The summed E-state index contributed by atoms with van der Waals surface area (Å²) in [6, 6.07) is 2.27. The number of rotatable bonds is 5. The van der Waals surface area contributed by atoms with Gasteiger partial charge in [0.05, 0.1) is 17.7 Å². The van der Waals surface area contributed by atoms with Crippen LogP contribution in [0.25, 0.3) is 0 Å². The zero-order valence-electron chi connectivity index (χ0n) is 13.0. The van der Waals surface area contributed by atoms with Crippen molar-refractivity contribution in [3.63, 3.8) is 0 Å². The van der Waals surface area contributed by atoms with Crippen LogP contribution in [0.1, 0.15) is 20.3 Å². The predicted molar refractivity (Wildman–Crippen MR) is 92.9 cm³/mol. The van der Waals surface area contributed by atoms with Gasteiger partial charge < -0.3 is 0 Å². The van der Waals surface area contributed by atoms with E-state index < -0.39 is 10.1 Å². The average Bonchev–Trinajstić information content (AvgIpc) is 3.01. The van der Waals surface area contributed by atoms with Gasteiger partial charge in [-0.15, -0.1) is 0 Å². The number of nitrogens with zero attached hydrogens (tertiary/aromatic N) is 2. The molecule has 2 unspecified atom stereocenters. The minimum atomic E-state index is -3.61. The normalized spacial score (nSPS) is 26.5. The van der Waals surface area contributed by atoms with Gasteiger partial charge in [0, 0.05) is 10.8 Å². The Labute approximate surface area is 141 Å². The Morgan fingerprint density at radius 2 is 2.17 bits per heavy atom. The first-order chi connectivity index (χ1) is 11.0. The monoisotopic (exact) mass is 350 g/mol. The maximum Gasteiger partial charge on any atom is 0.328 e. The van der Waals surface area contributed by atoms with E-state index in [0.717, 1.165) is 10.5 Å². The van der Waals surface area contributed by atoms with Gasteiger partial charge in [0.25, 0.3) is 0 Å². The van der Waals surface area contributed by atoms with E-state index in [1.807, 2.05) is 37.3 Å². The topological polar surface area (TPSA) is 79.5 Å². The van der Waals surface area contributed by atoms with Crippen molar-refractivity contribution < 1.29 is 12.7 Å². The fourth-order valence-corrected chi connectivity index (χ4v) is 3.94. The Bertz CT molecular complexity index is 753. The zero-order valence-corrected chi connectivity index (χ0v) is 14.6. The van der Waals surface area contributed by atoms with Crippen LogP contribution in [0.4, 0.5) is 0 Å². The Morgan fingerprint density at radius 3 is 2.87 bits per heavy atom. The summed E-state index contributed by atoms with van der Waals surface area (Å²) in [5.41, 5.74) is 1.03. The van der Waals surface area contributed by atoms with Crippen LogP contribution >= 0.6 is 11.8 Å². The van der Waals surface area contributed by atoms with E-state index in [0.29, 0.717) is 11.5 Å². The lowest BCUT2D eigenvalue weighted by Crippen LogP contribution is -2.12. The third kappa shape index (κ3) is 4.60. The molecule has 23 heavy (non-hydrogen) atoms. The van der Waals surface area contributed by atoms with Gasteiger partial charge in [-0.3, -0.25) is 4.28 Å². The summed E-state index contributed by atoms with van der Waals surface area (Å²) in [4.78, 5) is 0.952. The third-order valence-corrected chi connectivity index (χ3v) is 5.60. The summed E-state index contributed by atoms with van der Waals surface area (Å²) >= 11 is 1.34. The minimum absolute atomic E-state index is 0.0150. The summed E-state index contributed by atoms with van der Waals surface area (Å²) in [7, 11) is -3.61. The molecule has 0 N–H and O–H groups in total. The Balaban J connectivity index is 2.16. The van der Waals surface area contributed by atoms with Gasteiger partial charge in [-0.1, -0.05) is 48.1 Å². The second kappa shape index (κ2) is 7.66. The number of oxime groups is 1. The first-order valence-corrected chi connectivity index (χ1v) is 9.70. The second-order valence-corrected chi connectivity index (χ2v) is 7.94. The molecule has 0 fully saturated rings. The van der Waals surface area contributed by atoms with Crippen molar-refractivity contribution in [2.75, 3.05) is 5.75 Å². The van der Waals surface area contributed by atoms with E-state index in [4.69, 9.17) is 5.26 Å². The molecule has 122 valence electrons. The number of hydrogen-bond acceptors (Lipinski definition) is 6. The summed E-state index contributed by atoms with van der Waals surface area (Å²) in [5.74, 6) is -0.183. The Morgan fingerprint density at radius 1 is 1.39 bits per heavy atom. The number of hydrogen-bond donors (Lipinski definition) is 0. The highest BCUT2D eigenvalue weighted by Crippen LogP contribution is 2.37. The van der Waals surface area contributed by atoms with E-state index in [1.54, 1.807) is 13.0 Å². The molecule has 1 aliphatic heterocycles. The van der Waals surface area contributed by atoms with Crippen molar-refractivity contribution in [3.05, 3.63) is 46.9 Å². The van der Waals surface area contributed by atoms with Crippen LogP contribution in [0.2, 0.25) is 0 Å². The van der Waals surface area contributed by atoms with Crippen molar-refractivity contribution in [2.24, 2.45) is 17.0 Å². The molecule has 0 spiro atoms. The van der Waals surface area contributed by atoms with Crippen LogP contribution in [0.15, 0.2) is 52.1 Å². The lowest BCUT2D eigenvalue weighted by atomic mass is 9.84. The molecule has 1 aliphatic carbocycles. The molecule has 2 rings (SSSR count). The van der Waals surface area contributed by atoms with Crippen LogP contribution in [0, 0.1) is 23.2 Å². The molecule has 0 amide bonds. The minimum Gasteiger partial charge on any atom is -0.267 e. The molecule has 0 aromatic carbocycles. The molecule has 0 radical (unpaired) electrons. The van der Waals surface area contributed by atoms with Gasteiger partial charge in [0.15, 0.2) is 0 Å². The summed E-state index contributed by atoms with van der Waals surface area (Å²) in [6.07, 6.45) is 11.9. The quantitative estimate of drug-likeness (QED) is 0.709. The largest absolute Gasteiger partial charge is 0.328 e. The predicted octanol–water partition coefficient (Wildman–Crippen LogP) is 3.52. The van der Waals surface area contributed by atoms with Crippen molar-refractivity contribution >= 4 is 26.9 Å². The van der Waals surface area contributed by atoms with Gasteiger partial charge >= 0.3 is 10.1 Å². The molecule has 0 aromatic heterocycles. The molecule has 0 bridgehead atoms. The van der Waals surface area contributed by atoms with Gasteiger partial charge in [-0.25, -0.2) is 0 Å². The Hall–Kier alpha value is -1.78. The van der Waals surface area contributed by atoms with E-state index in [2.05, 4.69) is 15.5 Å². The molecular formula is C16H18N2O3S2. The molecule has 2 atom stereocenters. The van der Waals surface area contributed by atoms with Crippen LogP contribution in [0.3, 0.4) is 0 Å². The lowest BCUT2D eigenvalue weighted by molar-refractivity contribution is 0.340. The smallest absolute Gasteiger partial charge is 0.267 e.